The molecule has 0 amide bonds. The van der Waals surface area contributed by atoms with Crippen molar-refractivity contribution in [1.82, 2.24) is 15.0 Å². The molecule has 1 saturated carbocycles. The van der Waals surface area contributed by atoms with Gasteiger partial charge in [0.15, 0.2) is 11.5 Å². The van der Waals surface area contributed by atoms with Gasteiger partial charge < -0.3 is 10.4 Å². The average Bonchev–Trinajstić information content (AvgIpc) is 2.68. The van der Waals surface area contributed by atoms with Crippen molar-refractivity contribution >= 4 is 5.82 Å². The summed E-state index contributed by atoms with van der Waals surface area (Å²) in [4.78, 5) is 12.0. The highest BCUT2D eigenvalue weighted by Crippen LogP contribution is 2.33. The van der Waals surface area contributed by atoms with E-state index in [2.05, 4.69) is 20.3 Å². The number of nitrogens with zero attached hydrogens (tertiary/aromatic N) is 3. The molecule has 2 aromatic heterocycles. The van der Waals surface area contributed by atoms with E-state index in [9.17, 15) is 18.3 Å². The van der Waals surface area contributed by atoms with Crippen LogP contribution in [0.3, 0.4) is 0 Å². The summed E-state index contributed by atoms with van der Waals surface area (Å²) in [5.74, 6) is 0.356. The first kappa shape index (κ1) is 19.5. The highest BCUT2D eigenvalue weighted by molar-refractivity contribution is 5.53. The van der Waals surface area contributed by atoms with Crippen molar-refractivity contribution < 1.29 is 18.3 Å². The van der Waals surface area contributed by atoms with E-state index < -0.39 is 11.9 Å². The Balaban J connectivity index is 1.92. The predicted octanol–water partition coefficient (Wildman–Crippen LogP) is 4.30. The molecular weight excluding hydrogens is 357 g/mol. The monoisotopic (exact) mass is 380 g/mol. The number of anilines is 1. The first-order valence-electron chi connectivity index (χ1n) is 9.22. The first-order chi connectivity index (χ1) is 13.0. The molecule has 2 N–H and O–H groups in total. The van der Waals surface area contributed by atoms with Crippen molar-refractivity contribution in [2.24, 2.45) is 5.92 Å². The van der Waals surface area contributed by atoms with Crippen LogP contribution in [0.4, 0.5) is 19.0 Å². The number of rotatable bonds is 6. The Morgan fingerprint density at radius 3 is 2.56 bits per heavy atom. The minimum absolute atomic E-state index is 0.0293. The van der Waals surface area contributed by atoms with Gasteiger partial charge in [-0.25, -0.2) is 9.97 Å². The van der Waals surface area contributed by atoms with Gasteiger partial charge in [-0.2, -0.15) is 13.2 Å². The molecule has 0 spiro atoms. The molecule has 2 heterocycles. The topological polar surface area (TPSA) is 70.9 Å². The van der Waals surface area contributed by atoms with Crippen molar-refractivity contribution in [3.63, 3.8) is 0 Å². The summed E-state index contributed by atoms with van der Waals surface area (Å²) in [6.45, 7) is -0.0293. The number of alkyl halides is 3. The molecule has 8 heteroatoms. The molecule has 146 valence electrons. The Morgan fingerprint density at radius 1 is 1.15 bits per heavy atom. The van der Waals surface area contributed by atoms with Crippen LogP contribution in [0.2, 0.25) is 0 Å². The fourth-order valence-electron chi connectivity index (χ4n) is 3.57. The van der Waals surface area contributed by atoms with E-state index in [1.54, 1.807) is 18.2 Å². The predicted molar refractivity (Wildman–Crippen MR) is 96.0 cm³/mol. The van der Waals surface area contributed by atoms with Gasteiger partial charge in [0.05, 0.1) is 0 Å². The zero-order valence-electron chi connectivity index (χ0n) is 14.9. The van der Waals surface area contributed by atoms with E-state index in [0.29, 0.717) is 12.3 Å². The van der Waals surface area contributed by atoms with Gasteiger partial charge in [0.25, 0.3) is 0 Å². The number of pyridine rings is 1. The van der Waals surface area contributed by atoms with E-state index in [4.69, 9.17) is 0 Å². The van der Waals surface area contributed by atoms with Crippen LogP contribution in [0.25, 0.3) is 11.5 Å². The third-order valence-corrected chi connectivity index (χ3v) is 4.90. The third kappa shape index (κ3) is 5.15. The molecular formula is C19H23F3N4O. The fraction of sp³-hybridized carbons (Fsp3) is 0.526. The molecule has 1 aliphatic carbocycles. The molecule has 2 aromatic rings. The summed E-state index contributed by atoms with van der Waals surface area (Å²) in [7, 11) is 0. The number of hydrogen-bond donors (Lipinski definition) is 2. The molecule has 27 heavy (non-hydrogen) atoms. The summed E-state index contributed by atoms with van der Waals surface area (Å²) in [5, 5.41) is 12.5. The van der Waals surface area contributed by atoms with Gasteiger partial charge >= 0.3 is 6.18 Å². The second-order valence-corrected chi connectivity index (χ2v) is 6.84. The van der Waals surface area contributed by atoms with Crippen molar-refractivity contribution in [3.8, 4) is 11.5 Å². The Hall–Kier alpha value is -2.22. The largest absolute Gasteiger partial charge is 0.433 e. The zero-order valence-corrected chi connectivity index (χ0v) is 14.9. The molecule has 0 saturated heterocycles. The van der Waals surface area contributed by atoms with Crippen LogP contribution in [0.1, 0.15) is 44.2 Å². The summed E-state index contributed by atoms with van der Waals surface area (Å²) >= 11 is 0. The van der Waals surface area contributed by atoms with Crippen molar-refractivity contribution in [3.05, 3.63) is 36.2 Å². The molecule has 3 rings (SSSR count). The smallest absolute Gasteiger partial charge is 0.396 e. The van der Waals surface area contributed by atoms with E-state index in [1.165, 1.54) is 12.6 Å². The highest BCUT2D eigenvalue weighted by Gasteiger charge is 2.34. The third-order valence-electron chi connectivity index (χ3n) is 4.90. The molecule has 0 bridgehead atoms. The minimum atomic E-state index is -4.58. The van der Waals surface area contributed by atoms with Crippen LogP contribution in [-0.2, 0) is 6.18 Å². The van der Waals surface area contributed by atoms with Crippen molar-refractivity contribution in [1.29, 1.82) is 0 Å². The lowest BCUT2D eigenvalue weighted by Gasteiger charge is -2.31. The lowest BCUT2D eigenvalue weighted by Crippen LogP contribution is -2.32. The number of aliphatic hydroxyl groups excluding tert-OH is 1. The van der Waals surface area contributed by atoms with Crippen LogP contribution >= 0.6 is 0 Å². The number of halogens is 3. The van der Waals surface area contributed by atoms with Gasteiger partial charge in [-0.05, 0) is 37.3 Å². The van der Waals surface area contributed by atoms with Gasteiger partial charge in [0.2, 0.25) is 0 Å². The summed E-state index contributed by atoms with van der Waals surface area (Å²) in [6, 6.07) is 5.74. The van der Waals surface area contributed by atoms with Crippen molar-refractivity contribution in [2.45, 2.75) is 50.7 Å². The summed E-state index contributed by atoms with van der Waals surface area (Å²) in [6.07, 6.45) is 2.76. The Labute approximate surface area is 156 Å². The number of aliphatic hydroxyl groups is 1. The molecule has 0 aromatic carbocycles. The maximum absolute atomic E-state index is 13.3. The minimum Gasteiger partial charge on any atom is -0.396 e. The average molecular weight is 380 g/mol. The normalized spacial score (nSPS) is 16.9. The first-order valence-corrected chi connectivity index (χ1v) is 9.22. The summed E-state index contributed by atoms with van der Waals surface area (Å²) < 4.78 is 40.0. The van der Waals surface area contributed by atoms with Gasteiger partial charge in [-0.1, -0.05) is 25.3 Å². The highest BCUT2D eigenvalue weighted by atomic mass is 19.4. The van der Waals surface area contributed by atoms with Crippen LogP contribution in [-0.4, -0.2) is 32.7 Å². The van der Waals surface area contributed by atoms with E-state index in [0.717, 1.165) is 31.7 Å². The lowest BCUT2D eigenvalue weighted by atomic mass is 9.83. The molecule has 0 radical (unpaired) electrons. The van der Waals surface area contributed by atoms with Crippen LogP contribution in [0, 0.1) is 5.92 Å². The summed E-state index contributed by atoms with van der Waals surface area (Å²) in [5.41, 5.74) is -0.727. The molecule has 1 atom stereocenters. The van der Waals surface area contributed by atoms with Gasteiger partial charge in [-0.3, -0.25) is 4.98 Å². The van der Waals surface area contributed by atoms with Crippen LogP contribution in [0.15, 0.2) is 30.5 Å². The zero-order chi connectivity index (χ0) is 19.3. The Morgan fingerprint density at radius 2 is 1.93 bits per heavy atom. The molecule has 0 aliphatic heterocycles. The molecule has 1 aliphatic rings. The maximum Gasteiger partial charge on any atom is 0.433 e. The second-order valence-electron chi connectivity index (χ2n) is 6.84. The Kier molecular flexibility index (Phi) is 6.26. The quantitative estimate of drug-likeness (QED) is 0.782. The van der Waals surface area contributed by atoms with Gasteiger partial charge in [-0.15, -0.1) is 0 Å². The standard InChI is InChI=1S/C19H23F3N4O/c20-19(21,22)16-12-17(26-18(25-16)15-8-4-5-10-23-15)24-14(9-11-27)13-6-2-1-3-7-13/h4-5,8,10,12-14,27H,1-3,6-7,9,11H2,(H,24,25,26). The number of nitrogens with one attached hydrogen (secondary N) is 1. The van der Waals surface area contributed by atoms with Gasteiger partial charge in [0.1, 0.15) is 11.5 Å². The van der Waals surface area contributed by atoms with E-state index >= 15 is 0 Å². The number of aromatic nitrogens is 3. The molecule has 1 fully saturated rings. The molecule has 5 nitrogen and oxygen atoms in total. The lowest BCUT2D eigenvalue weighted by molar-refractivity contribution is -0.141. The maximum atomic E-state index is 13.3. The SMILES string of the molecule is OCCC(Nc1cc(C(F)(F)F)nc(-c2ccccn2)n1)C1CCCCC1. The second kappa shape index (κ2) is 8.65. The van der Waals surface area contributed by atoms with E-state index in [-0.39, 0.29) is 30.0 Å². The fourth-order valence-corrected chi connectivity index (χ4v) is 3.57. The van der Waals surface area contributed by atoms with Crippen LogP contribution in [0.5, 0.6) is 0 Å². The van der Waals surface area contributed by atoms with Gasteiger partial charge in [0, 0.05) is 24.9 Å². The van der Waals surface area contributed by atoms with Crippen molar-refractivity contribution in [2.75, 3.05) is 11.9 Å². The molecule has 1 unspecified atom stereocenters. The van der Waals surface area contributed by atoms with Crippen LogP contribution < -0.4 is 5.32 Å². The number of hydrogen-bond acceptors (Lipinski definition) is 5. The van der Waals surface area contributed by atoms with E-state index in [1.807, 2.05) is 0 Å². The Bertz CT molecular complexity index is 733.